The number of anilines is 1. The molecule has 8 aromatic rings. The number of aromatic nitrogens is 5. The van der Waals surface area contributed by atoms with Crippen molar-refractivity contribution in [2.75, 3.05) is 18.0 Å². The molecule has 4 aromatic heterocycles. The third kappa shape index (κ3) is 7.14. The predicted molar refractivity (Wildman–Crippen MR) is 193 cm³/mol. The Bertz CT molecular complexity index is 2310. The first kappa shape index (κ1) is 35.2. The van der Waals surface area contributed by atoms with Crippen molar-refractivity contribution < 1.29 is 51.6 Å². The fourth-order valence-electron chi connectivity index (χ4n) is 6.31. The Morgan fingerprint density at radius 1 is 0.500 bits per heavy atom. The predicted octanol–water partition coefficient (Wildman–Crippen LogP) is 9.08. The van der Waals surface area contributed by atoms with Gasteiger partial charge in [0, 0.05) is 48.5 Å². The van der Waals surface area contributed by atoms with Crippen molar-refractivity contribution in [1.82, 2.24) is 24.5 Å². The smallest absolute Gasteiger partial charge is 0.503 e. The number of rotatable bonds is 8. The molecule has 1 aliphatic rings. The van der Waals surface area contributed by atoms with E-state index in [1.807, 2.05) is 114 Å². The third-order valence-corrected chi connectivity index (χ3v) is 8.69. The maximum absolute atomic E-state index is 6.33. The van der Waals surface area contributed by atoms with Crippen LogP contribution in [0.1, 0.15) is 12.8 Å². The van der Waals surface area contributed by atoms with E-state index in [0.29, 0.717) is 28.9 Å². The Morgan fingerprint density at radius 2 is 1.00 bits per heavy atom. The first-order chi connectivity index (χ1) is 24.7. The first-order valence-corrected chi connectivity index (χ1v) is 16.5. The van der Waals surface area contributed by atoms with Gasteiger partial charge in [-0.15, -0.1) is 71.8 Å². The molecule has 0 bridgehead atoms. The SMILES string of the molecule is [Pt+2].[Pt+2].[c-]1c(Oc2[c-]c3c(cc2)c2ccc(Oc4[c-]c(-c5ccccn5)ccc4)[c-]c2n3-c2ncc(N3CCCC3)cn2)cccc1-c1ccccn1. The summed E-state index contributed by atoms with van der Waals surface area (Å²) in [6, 6.07) is 44.7. The zero-order chi connectivity index (χ0) is 33.3. The Hall–Kier alpha value is -5.16. The van der Waals surface area contributed by atoms with Gasteiger partial charge in [0.2, 0.25) is 5.95 Å². The van der Waals surface area contributed by atoms with Crippen LogP contribution in [0.3, 0.4) is 0 Å². The fraction of sp³-hybridized carbons (Fsp3) is 0.0952. The molecule has 0 unspecified atom stereocenters. The van der Waals surface area contributed by atoms with Crippen LogP contribution in [0.4, 0.5) is 5.69 Å². The molecule has 258 valence electrons. The number of pyridine rings is 2. The molecule has 0 atom stereocenters. The Balaban J connectivity index is 0.00000210. The second kappa shape index (κ2) is 15.6. The van der Waals surface area contributed by atoms with Crippen molar-refractivity contribution in [3.05, 3.63) is 146 Å². The number of ether oxygens (including phenoxy) is 2. The molecule has 8 nitrogen and oxygen atoms in total. The molecule has 10 heteroatoms. The van der Waals surface area contributed by atoms with E-state index >= 15 is 0 Å². The van der Waals surface area contributed by atoms with Crippen molar-refractivity contribution in [2.45, 2.75) is 12.8 Å². The molecule has 0 aliphatic carbocycles. The summed E-state index contributed by atoms with van der Waals surface area (Å²) < 4.78 is 14.6. The van der Waals surface area contributed by atoms with Crippen LogP contribution >= 0.6 is 0 Å². The normalized spacial score (nSPS) is 12.3. The molecule has 1 aliphatic heterocycles. The number of benzene rings is 4. The second-order valence-corrected chi connectivity index (χ2v) is 11.9. The van der Waals surface area contributed by atoms with Crippen LogP contribution in [-0.4, -0.2) is 37.6 Å². The van der Waals surface area contributed by atoms with E-state index in [1.165, 1.54) is 12.8 Å². The number of fused-ring (bicyclic) bond motifs is 3. The van der Waals surface area contributed by atoms with Gasteiger partial charge in [0.05, 0.1) is 18.1 Å². The van der Waals surface area contributed by atoms with Crippen LogP contribution in [-0.2, 0) is 42.1 Å². The molecule has 0 radical (unpaired) electrons. The van der Waals surface area contributed by atoms with Crippen molar-refractivity contribution in [3.8, 4) is 51.5 Å². The summed E-state index contributed by atoms with van der Waals surface area (Å²) in [5.41, 5.74) is 5.85. The quantitative estimate of drug-likeness (QED) is 0.141. The fourth-order valence-corrected chi connectivity index (χ4v) is 6.31. The van der Waals surface area contributed by atoms with E-state index in [9.17, 15) is 0 Å². The topological polar surface area (TPSA) is 78.2 Å². The minimum absolute atomic E-state index is 0. The maximum Gasteiger partial charge on any atom is 2.00 e. The molecule has 0 N–H and O–H groups in total. The molecule has 9 rings (SSSR count). The summed E-state index contributed by atoms with van der Waals surface area (Å²) in [5.74, 6) is 2.68. The minimum atomic E-state index is 0. The van der Waals surface area contributed by atoms with Crippen LogP contribution in [0.25, 0.3) is 50.3 Å². The number of nitrogens with zero attached hydrogens (tertiary/aromatic N) is 6. The van der Waals surface area contributed by atoms with Crippen molar-refractivity contribution >= 4 is 27.5 Å². The van der Waals surface area contributed by atoms with Gasteiger partial charge < -0.3 is 28.9 Å². The van der Waals surface area contributed by atoms with Gasteiger partial charge in [0.1, 0.15) is 0 Å². The molecule has 0 amide bonds. The van der Waals surface area contributed by atoms with Gasteiger partial charge in [-0.3, -0.25) is 0 Å². The van der Waals surface area contributed by atoms with Gasteiger partial charge in [-0.25, -0.2) is 9.97 Å². The second-order valence-electron chi connectivity index (χ2n) is 11.9. The van der Waals surface area contributed by atoms with Crippen LogP contribution < -0.4 is 14.4 Å². The Morgan fingerprint density at radius 3 is 1.48 bits per heavy atom. The molecular weight excluding hydrogens is 1010 g/mol. The first-order valence-electron chi connectivity index (χ1n) is 16.5. The van der Waals surface area contributed by atoms with Crippen molar-refractivity contribution in [1.29, 1.82) is 0 Å². The van der Waals surface area contributed by atoms with Gasteiger partial charge in [0.25, 0.3) is 0 Å². The van der Waals surface area contributed by atoms with E-state index in [1.54, 1.807) is 12.4 Å². The summed E-state index contributed by atoms with van der Waals surface area (Å²) in [6.07, 6.45) is 9.66. The zero-order valence-corrected chi connectivity index (χ0v) is 32.1. The van der Waals surface area contributed by atoms with Gasteiger partial charge in [0.15, 0.2) is 0 Å². The van der Waals surface area contributed by atoms with Gasteiger partial charge in [-0.1, -0.05) is 47.4 Å². The van der Waals surface area contributed by atoms with Crippen LogP contribution in [0.15, 0.2) is 122 Å². The third-order valence-electron chi connectivity index (χ3n) is 8.69. The molecule has 4 aromatic carbocycles. The van der Waals surface area contributed by atoms with Gasteiger partial charge >= 0.3 is 42.1 Å². The average molecular weight is 1040 g/mol. The standard InChI is InChI=1S/C42H28N6O2.2Pt/c1-3-19-43-38(13-1)29-9-7-11-32(23-29)49-34-15-17-36-37-18-16-35(50-33-12-8-10-30(24-33)39-14-2-4-20-44-39)26-41(37)48(40(36)25-34)42-45-27-31(28-46-42)47-21-5-6-22-47;;/h1-4,7-20,27-28H,5-6,21-22H2;;/q-4;2*+2. The van der Waals surface area contributed by atoms with E-state index < -0.39 is 0 Å². The van der Waals surface area contributed by atoms with E-state index in [4.69, 9.17) is 19.4 Å². The monoisotopic (exact) mass is 1040 g/mol. The van der Waals surface area contributed by atoms with Crippen molar-refractivity contribution in [3.63, 3.8) is 0 Å². The molecule has 0 saturated carbocycles. The molecule has 1 saturated heterocycles. The minimum Gasteiger partial charge on any atom is -0.503 e. The van der Waals surface area contributed by atoms with Crippen LogP contribution in [0.2, 0.25) is 0 Å². The van der Waals surface area contributed by atoms with Gasteiger partial charge in [-0.05, 0) is 36.4 Å². The maximum atomic E-state index is 6.33. The summed E-state index contributed by atoms with van der Waals surface area (Å²) >= 11 is 0. The Kier molecular flexibility index (Phi) is 10.6. The average Bonchev–Trinajstić information content (AvgIpc) is 3.83. The summed E-state index contributed by atoms with van der Waals surface area (Å²) in [6.45, 7) is 2.02. The molecular formula is C42H28N6O2Pt2. The molecule has 52 heavy (non-hydrogen) atoms. The van der Waals surface area contributed by atoms with E-state index in [2.05, 4.69) is 39.1 Å². The summed E-state index contributed by atoms with van der Waals surface area (Å²) in [5, 5.41) is 1.91. The molecule has 5 heterocycles. The van der Waals surface area contributed by atoms with Crippen LogP contribution in [0.5, 0.6) is 23.0 Å². The van der Waals surface area contributed by atoms with Gasteiger partial charge in [-0.2, -0.15) is 22.9 Å². The number of hydrogen-bond donors (Lipinski definition) is 0. The van der Waals surface area contributed by atoms with Crippen molar-refractivity contribution in [2.24, 2.45) is 0 Å². The van der Waals surface area contributed by atoms with Crippen LogP contribution in [0, 0.1) is 24.3 Å². The zero-order valence-electron chi connectivity index (χ0n) is 27.5. The molecule has 0 spiro atoms. The van der Waals surface area contributed by atoms with E-state index in [0.717, 1.165) is 63.1 Å². The largest absolute Gasteiger partial charge is 2.00 e. The Labute approximate surface area is 330 Å². The summed E-state index contributed by atoms with van der Waals surface area (Å²) in [4.78, 5) is 20.9. The van der Waals surface area contributed by atoms with E-state index in [-0.39, 0.29) is 42.1 Å². The number of hydrogen-bond acceptors (Lipinski definition) is 7. The molecule has 1 fully saturated rings. The summed E-state index contributed by atoms with van der Waals surface area (Å²) in [7, 11) is 0.